The molecule has 2 rings (SSSR count). The first kappa shape index (κ1) is 17.1. The van der Waals surface area contributed by atoms with Crippen molar-refractivity contribution in [2.75, 3.05) is 36.8 Å². The summed E-state index contributed by atoms with van der Waals surface area (Å²) in [5.41, 5.74) is 9.85. The molecular weight excluding hydrogens is 270 g/mol. The number of benzene rings is 1. The average Bonchev–Trinajstić information content (AvgIpc) is 2.52. The standard InChI is InChI=1S/C19H33N3/c1-3-4-11-21-12-5-6-17-7-8-19(18(20)15-17)22-13-9-16(2)10-14-22/h7-8,15-16,21H,3-6,9-14,20H2,1-2H3. The maximum atomic E-state index is 6.30. The molecule has 0 saturated carbocycles. The smallest absolute Gasteiger partial charge is 0.0600 e. The lowest BCUT2D eigenvalue weighted by atomic mass is 9.98. The highest BCUT2D eigenvalue weighted by Gasteiger charge is 2.17. The number of nitrogens with one attached hydrogen (secondary N) is 1. The van der Waals surface area contributed by atoms with Crippen LogP contribution in [-0.4, -0.2) is 26.2 Å². The number of hydrogen-bond acceptors (Lipinski definition) is 3. The zero-order valence-electron chi connectivity index (χ0n) is 14.4. The van der Waals surface area contributed by atoms with Gasteiger partial charge in [0.25, 0.3) is 0 Å². The van der Waals surface area contributed by atoms with Crippen molar-refractivity contribution in [3.05, 3.63) is 23.8 Å². The summed E-state index contributed by atoms with van der Waals surface area (Å²) >= 11 is 0. The predicted octanol–water partition coefficient (Wildman–Crippen LogP) is 3.83. The molecular formula is C19H33N3. The number of hydrogen-bond donors (Lipinski definition) is 2. The minimum absolute atomic E-state index is 0.858. The van der Waals surface area contributed by atoms with Crippen LogP contribution in [0.15, 0.2) is 18.2 Å². The highest BCUT2D eigenvalue weighted by molar-refractivity contribution is 5.68. The second-order valence-corrected chi connectivity index (χ2v) is 6.77. The number of nitrogens with zero attached hydrogens (tertiary/aromatic N) is 1. The second-order valence-electron chi connectivity index (χ2n) is 6.77. The number of nitrogen functional groups attached to an aromatic ring is 1. The minimum Gasteiger partial charge on any atom is -0.397 e. The Labute approximate surface area is 136 Å². The monoisotopic (exact) mass is 303 g/mol. The summed E-state index contributed by atoms with van der Waals surface area (Å²) < 4.78 is 0. The van der Waals surface area contributed by atoms with Gasteiger partial charge >= 0.3 is 0 Å². The van der Waals surface area contributed by atoms with Crippen LogP contribution in [0.25, 0.3) is 0 Å². The molecule has 0 aromatic heterocycles. The van der Waals surface area contributed by atoms with Gasteiger partial charge in [-0.3, -0.25) is 0 Å². The van der Waals surface area contributed by atoms with Crippen LogP contribution in [0.5, 0.6) is 0 Å². The fourth-order valence-corrected chi connectivity index (χ4v) is 3.14. The third-order valence-electron chi connectivity index (χ3n) is 4.74. The molecule has 0 radical (unpaired) electrons. The van der Waals surface area contributed by atoms with E-state index in [9.17, 15) is 0 Å². The van der Waals surface area contributed by atoms with Gasteiger partial charge in [-0.1, -0.05) is 26.3 Å². The zero-order chi connectivity index (χ0) is 15.8. The van der Waals surface area contributed by atoms with Crippen molar-refractivity contribution in [2.45, 2.75) is 52.4 Å². The van der Waals surface area contributed by atoms with Gasteiger partial charge in [-0.2, -0.15) is 0 Å². The molecule has 0 aliphatic carbocycles. The van der Waals surface area contributed by atoms with Crippen molar-refractivity contribution < 1.29 is 0 Å². The maximum Gasteiger partial charge on any atom is 0.0600 e. The molecule has 3 nitrogen and oxygen atoms in total. The van der Waals surface area contributed by atoms with Crippen LogP contribution < -0.4 is 16.0 Å². The van der Waals surface area contributed by atoms with Gasteiger partial charge in [0.15, 0.2) is 0 Å². The SMILES string of the molecule is CCCCNCCCc1ccc(N2CCC(C)CC2)c(N)c1. The van der Waals surface area contributed by atoms with Crippen LogP contribution in [0.4, 0.5) is 11.4 Å². The van der Waals surface area contributed by atoms with E-state index in [1.165, 1.54) is 43.4 Å². The molecule has 124 valence electrons. The van der Waals surface area contributed by atoms with Crippen molar-refractivity contribution in [1.29, 1.82) is 0 Å². The molecule has 3 heteroatoms. The average molecular weight is 303 g/mol. The number of piperidine rings is 1. The first-order chi connectivity index (χ1) is 10.7. The largest absolute Gasteiger partial charge is 0.397 e. The van der Waals surface area contributed by atoms with E-state index in [4.69, 9.17) is 5.73 Å². The Morgan fingerprint density at radius 1 is 1.18 bits per heavy atom. The van der Waals surface area contributed by atoms with Crippen molar-refractivity contribution in [3.63, 3.8) is 0 Å². The first-order valence-corrected chi connectivity index (χ1v) is 9.04. The van der Waals surface area contributed by atoms with E-state index < -0.39 is 0 Å². The van der Waals surface area contributed by atoms with Gasteiger partial charge in [0.05, 0.1) is 11.4 Å². The number of aryl methyl sites for hydroxylation is 1. The molecule has 1 aromatic rings. The van der Waals surface area contributed by atoms with Gasteiger partial charge in [-0.15, -0.1) is 0 Å². The third-order valence-corrected chi connectivity index (χ3v) is 4.74. The third kappa shape index (κ3) is 5.20. The summed E-state index contributed by atoms with van der Waals surface area (Å²) in [7, 11) is 0. The molecule has 1 aliphatic heterocycles. The Bertz CT molecular complexity index is 436. The predicted molar refractivity (Wildman–Crippen MR) is 97.6 cm³/mol. The second kappa shape index (κ2) is 9.04. The Morgan fingerprint density at radius 2 is 1.91 bits per heavy atom. The van der Waals surface area contributed by atoms with E-state index in [1.54, 1.807) is 0 Å². The fraction of sp³-hybridized carbons (Fsp3) is 0.684. The van der Waals surface area contributed by atoms with E-state index in [1.807, 2.05) is 0 Å². The topological polar surface area (TPSA) is 41.3 Å². The van der Waals surface area contributed by atoms with E-state index in [-0.39, 0.29) is 0 Å². The van der Waals surface area contributed by atoms with Crippen LogP contribution in [-0.2, 0) is 6.42 Å². The van der Waals surface area contributed by atoms with Crippen molar-refractivity contribution >= 4 is 11.4 Å². The number of unbranched alkanes of at least 4 members (excludes halogenated alkanes) is 1. The van der Waals surface area contributed by atoms with Gasteiger partial charge in [-0.05, 0) is 68.8 Å². The lowest BCUT2D eigenvalue weighted by molar-refractivity contribution is 0.438. The van der Waals surface area contributed by atoms with E-state index in [0.717, 1.165) is 44.2 Å². The van der Waals surface area contributed by atoms with Crippen molar-refractivity contribution in [2.24, 2.45) is 5.92 Å². The van der Waals surface area contributed by atoms with E-state index in [0.29, 0.717) is 0 Å². The van der Waals surface area contributed by atoms with Gasteiger partial charge < -0.3 is 16.0 Å². The Hall–Kier alpha value is -1.22. The zero-order valence-corrected chi connectivity index (χ0v) is 14.4. The Kier molecular flexibility index (Phi) is 7.04. The van der Waals surface area contributed by atoms with Crippen molar-refractivity contribution in [3.8, 4) is 0 Å². The molecule has 3 N–H and O–H groups in total. The van der Waals surface area contributed by atoms with Gasteiger partial charge in [0.1, 0.15) is 0 Å². The molecule has 1 heterocycles. The molecule has 0 amide bonds. The molecule has 0 unspecified atom stereocenters. The summed E-state index contributed by atoms with van der Waals surface area (Å²) in [6.45, 7) is 9.11. The van der Waals surface area contributed by atoms with Gasteiger partial charge in [0, 0.05) is 13.1 Å². The lowest BCUT2D eigenvalue weighted by Gasteiger charge is -2.33. The number of nitrogens with two attached hydrogens (primary N) is 1. The lowest BCUT2D eigenvalue weighted by Crippen LogP contribution is -2.33. The molecule has 0 atom stereocenters. The highest BCUT2D eigenvalue weighted by atomic mass is 15.1. The van der Waals surface area contributed by atoms with E-state index >= 15 is 0 Å². The minimum atomic E-state index is 0.858. The molecule has 0 bridgehead atoms. The van der Waals surface area contributed by atoms with Crippen LogP contribution in [0.1, 0.15) is 51.5 Å². The first-order valence-electron chi connectivity index (χ1n) is 9.04. The molecule has 1 fully saturated rings. The van der Waals surface area contributed by atoms with Gasteiger partial charge in [-0.25, -0.2) is 0 Å². The van der Waals surface area contributed by atoms with Gasteiger partial charge in [0.2, 0.25) is 0 Å². The van der Waals surface area contributed by atoms with E-state index in [2.05, 4.69) is 42.3 Å². The highest BCUT2D eigenvalue weighted by Crippen LogP contribution is 2.29. The molecule has 0 spiro atoms. The van der Waals surface area contributed by atoms with Crippen LogP contribution in [0.2, 0.25) is 0 Å². The summed E-state index contributed by atoms with van der Waals surface area (Å²) in [5.74, 6) is 0.858. The number of anilines is 2. The fourth-order valence-electron chi connectivity index (χ4n) is 3.14. The van der Waals surface area contributed by atoms with Crippen LogP contribution in [0, 0.1) is 5.92 Å². The molecule has 1 aromatic carbocycles. The normalized spacial score (nSPS) is 16.2. The summed E-state index contributed by atoms with van der Waals surface area (Å²) in [5, 5.41) is 3.50. The maximum absolute atomic E-state index is 6.30. The summed E-state index contributed by atoms with van der Waals surface area (Å²) in [6, 6.07) is 6.67. The summed E-state index contributed by atoms with van der Waals surface area (Å²) in [4.78, 5) is 2.45. The Balaban J connectivity index is 1.79. The summed E-state index contributed by atoms with van der Waals surface area (Å²) in [6.07, 6.45) is 7.40. The quantitative estimate of drug-likeness (QED) is 0.566. The molecule has 1 aliphatic rings. The number of rotatable bonds is 8. The van der Waals surface area contributed by atoms with Crippen LogP contribution in [0.3, 0.4) is 0 Å². The Morgan fingerprint density at radius 3 is 2.59 bits per heavy atom. The van der Waals surface area contributed by atoms with Crippen molar-refractivity contribution in [1.82, 2.24) is 5.32 Å². The van der Waals surface area contributed by atoms with Crippen LogP contribution >= 0.6 is 0 Å². The molecule has 1 saturated heterocycles. The molecule has 22 heavy (non-hydrogen) atoms.